The smallest absolute Gasteiger partial charge is 0.309 e. The van der Waals surface area contributed by atoms with Gasteiger partial charge >= 0.3 is 5.97 Å². The van der Waals surface area contributed by atoms with Gasteiger partial charge in [0.25, 0.3) is 0 Å². The van der Waals surface area contributed by atoms with Crippen molar-refractivity contribution in [3.63, 3.8) is 0 Å². The summed E-state index contributed by atoms with van der Waals surface area (Å²) >= 11 is 0. The minimum atomic E-state index is -1.97. The lowest BCUT2D eigenvalue weighted by molar-refractivity contribution is -0.305. The number of rotatable bonds is 12. The normalized spacial score (nSPS) is 42.0. The Balaban J connectivity index is 1.51. The van der Waals surface area contributed by atoms with Crippen LogP contribution >= 0.6 is 0 Å². The molecule has 64 heavy (non-hydrogen) atoms. The molecule has 2 aromatic heterocycles. The Kier molecular flexibility index (Phi) is 17.3. The molecule has 0 aromatic carbocycles. The van der Waals surface area contributed by atoms with E-state index in [0.717, 1.165) is 11.3 Å². The number of ether oxygens (including phenoxy) is 6. The van der Waals surface area contributed by atoms with Crippen molar-refractivity contribution in [3.8, 4) is 0 Å². The molecule has 3 aliphatic rings. The molecule has 1 unspecified atom stereocenters. The summed E-state index contributed by atoms with van der Waals surface area (Å²) < 4.78 is 40.4. The second kappa shape index (κ2) is 21.3. The number of aromatic nitrogens is 4. The molecule has 0 amide bonds. The molecule has 0 spiro atoms. The number of carbonyl (C=O) groups is 2. The number of aliphatic hydroxyl groups is 4. The van der Waals surface area contributed by atoms with E-state index in [1.807, 2.05) is 53.1 Å². The fourth-order valence-electron chi connectivity index (χ4n) is 10.7. The highest BCUT2D eigenvalue weighted by Crippen LogP contribution is 2.46. The van der Waals surface area contributed by atoms with Crippen LogP contribution in [0.2, 0.25) is 0 Å². The van der Waals surface area contributed by atoms with Gasteiger partial charge in [-0.2, -0.15) is 0 Å². The lowest BCUT2D eigenvalue weighted by Crippen LogP contribution is -2.62. The molecular weight excluding hydrogens is 827 g/mol. The quantitative estimate of drug-likeness (QED) is 0.225. The standard InChI is InChI=1S/C47H77N5O12/c1-14-36-47(10,58)40(55)30(6)38(53)26(2)21-46(9,60-13)42(28(4)37(29(5)43(57)63-36)35-22-45(8,59-12)41(56)31(7)62-35)64-44-39(54)34(20-27(3)61-44)51(11)19-17-33-25-52(50-49-33)24-32-16-15-18-48-23-32/h15-16,18,23,25-31,34-37,39-42,44,54-56,58H,14,17,19-22,24H2,1-13H3/t26-,27-,28+,29-,30+,31+,34+,35-,36-,37?,39-,40-,41+,42-,44+,45-,46-,47-/m1/s1. The van der Waals surface area contributed by atoms with Crippen LogP contribution in [-0.4, -0.2) is 163 Å². The average molecular weight is 904 g/mol. The second-order valence-electron chi connectivity index (χ2n) is 19.8. The minimum absolute atomic E-state index is 0.110. The fourth-order valence-corrected chi connectivity index (χ4v) is 10.7. The van der Waals surface area contributed by atoms with Gasteiger partial charge in [0.2, 0.25) is 0 Å². The molecule has 18 atom stereocenters. The van der Waals surface area contributed by atoms with Gasteiger partial charge in [-0.1, -0.05) is 45.9 Å². The molecule has 3 aliphatic heterocycles. The van der Waals surface area contributed by atoms with Crippen molar-refractivity contribution >= 4 is 11.8 Å². The van der Waals surface area contributed by atoms with Crippen LogP contribution in [0, 0.1) is 29.6 Å². The zero-order chi connectivity index (χ0) is 47.5. The van der Waals surface area contributed by atoms with E-state index in [9.17, 15) is 30.0 Å². The van der Waals surface area contributed by atoms with E-state index in [2.05, 4.69) is 20.2 Å². The Morgan fingerprint density at radius 3 is 2.27 bits per heavy atom. The van der Waals surface area contributed by atoms with Crippen LogP contribution in [0.1, 0.15) is 106 Å². The molecule has 0 radical (unpaired) electrons. The number of hydrogen-bond acceptors (Lipinski definition) is 16. The summed E-state index contributed by atoms with van der Waals surface area (Å²) in [4.78, 5) is 35.0. The summed E-state index contributed by atoms with van der Waals surface area (Å²) in [5.41, 5.74) is -2.47. The molecule has 0 aliphatic carbocycles. The predicted molar refractivity (Wildman–Crippen MR) is 236 cm³/mol. The van der Waals surface area contributed by atoms with Crippen molar-refractivity contribution in [2.24, 2.45) is 29.6 Å². The van der Waals surface area contributed by atoms with Gasteiger partial charge in [0.1, 0.15) is 29.7 Å². The lowest BCUT2D eigenvalue weighted by Gasteiger charge is -2.52. The van der Waals surface area contributed by atoms with Gasteiger partial charge in [0.05, 0.1) is 59.9 Å². The van der Waals surface area contributed by atoms with E-state index in [0.29, 0.717) is 25.9 Å². The van der Waals surface area contributed by atoms with Crippen LogP contribution in [0.5, 0.6) is 0 Å². The molecule has 3 fully saturated rings. The number of esters is 1. The summed E-state index contributed by atoms with van der Waals surface area (Å²) in [5, 5.41) is 55.6. The average Bonchev–Trinajstić information content (AvgIpc) is 3.72. The van der Waals surface area contributed by atoms with Gasteiger partial charge in [-0.05, 0) is 78.5 Å². The molecule has 0 saturated carbocycles. The number of ketones is 1. The van der Waals surface area contributed by atoms with Gasteiger partial charge in [0.15, 0.2) is 6.29 Å². The number of likely N-dealkylation sites (N-methyl/N-ethyl adjacent to an activating group) is 1. The van der Waals surface area contributed by atoms with E-state index >= 15 is 0 Å². The topological polar surface area (TPSA) is 217 Å². The third kappa shape index (κ3) is 11.2. The SMILES string of the molecule is CC[C@H]1OC(=O)[C@H](C)C([C@H]2C[C@@](C)(OC)[C@@H](O)[C@H](C)O2)[C@H](C)[C@@H](O[C@@H]2O[C@H](C)C[C@H](N(C)CCc3cn(Cc4cccnc4)nn3)[C@H]2O)[C@](C)(OC)C[C@@H](C)C(=O)[C@H](C)[C@@H](O)[C@]1(C)O. The number of pyridine rings is 1. The molecule has 0 bridgehead atoms. The molecule has 5 heterocycles. The van der Waals surface area contributed by atoms with Crippen molar-refractivity contribution in [1.29, 1.82) is 0 Å². The van der Waals surface area contributed by atoms with Crippen LogP contribution in [0.4, 0.5) is 0 Å². The van der Waals surface area contributed by atoms with Gasteiger partial charge < -0.3 is 53.7 Å². The van der Waals surface area contributed by atoms with Crippen molar-refractivity contribution in [3.05, 3.63) is 42.0 Å². The largest absolute Gasteiger partial charge is 0.459 e. The monoisotopic (exact) mass is 904 g/mol. The summed E-state index contributed by atoms with van der Waals surface area (Å²) in [5.74, 6) is -4.96. The molecule has 2 aromatic rings. The van der Waals surface area contributed by atoms with Crippen LogP contribution in [0.3, 0.4) is 0 Å². The van der Waals surface area contributed by atoms with Gasteiger partial charge in [-0.25, -0.2) is 4.68 Å². The molecular formula is C47H77N5O12. The first-order valence-corrected chi connectivity index (χ1v) is 23.1. The first-order chi connectivity index (χ1) is 30.0. The van der Waals surface area contributed by atoms with Gasteiger partial charge in [-0.3, -0.25) is 14.6 Å². The Bertz CT molecular complexity index is 1820. The number of nitrogens with zero attached hydrogens (tertiary/aromatic N) is 5. The van der Waals surface area contributed by atoms with E-state index < -0.39 is 101 Å². The summed E-state index contributed by atoms with van der Waals surface area (Å²) in [6, 6.07) is 3.47. The Labute approximate surface area is 379 Å². The Hall–Kier alpha value is -2.97. The lowest BCUT2D eigenvalue weighted by atomic mass is 9.67. The number of hydrogen-bond donors (Lipinski definition) is 4. The maximum absolute atomic E-state index is 14.5. The highest BCUT2D eigenvalue weighted by Gasteiger charge is 2.56. The summed E-state index contributed by atoms with van der Waals surface area (Å²) in [6.07, 6.45) is -1.69. The van der Waals surface area contributed by atoms with Crippen LogP contribution < -0.4 is 0 Å². The summed E-state index contributed by atoms with van der Waals surface area (Å²) in [6.45, 7) is 18.6. The second-order valence-corrected chi connectivity index (χ2v) is 19.8. The number of Topliss-reactive ketones (excluding diaryl/α,β-unsaturated/α-hetero) is 1. The van der Waals surface area contributed by atoms with Crippen LogP contribution in [0.25, 0.3) is 0 Å². The van der Waals surface area contributed by atoms with Crippen molar-refractivity contribution in [1.82, 2.24) is 24.9 Å². The molecule has 17 nitrogen and oxygen atoms in total. The molecule has 362 valence electrons. The minimum Gasteiger partial charge on any atom is -0.459 e. The van der Waals surface area contributed by atoms with Crippen LogP contribution in [0.15, 0.2) is 30.7 Å². The first kappa shape index (κ1) is 52.0. The maximum atomic E-state index is 14.5. The van der Waals surface area contributed by atoms with E-state index in [-0.39, 0.29) is 37.2 Å². The Morgan fingerprint density at radius 2 is 1.64 bits per heavy atom. The number of aliphatic hydroxyl groups excluding tert-OH is 3. The first-order valence-electron chi connectivity index (χ1n) is 23.1. The zero-order valence-corrected chi connectivity index (χ0v) is 40.3. The third-order valence-electron chi connectivity index (χ3n) is 14.9. The van der Waals surface area contributed by atoms with Crippen molar-refractivity contribution < 1.29 is 58.4 Å². The van der Waals surface area contributed by atoms with Gasteiger partial charge in [0, 0.05) is 76.0 Å². The highest BCUT2D eigenvalue weighted by atomic mass is 16.7. The van der Waals surface area contributed by atoms with E-state index in [4.69, 9.17) is 28.4 Å². The van der Waals surface area contributed by atoms with E-state index in [1.165, 1.54) is 21.1 Å². The number of cyclic esters (lactones) is 1. The molecule has 5 rings (SSSR count). The molecule has 3 saturated heterocycles. The highest BCUT2D eigenvalue weighted by molar-refractivity contribution is 5.83. The van der Waals surface area contributed by atoms with Crippen molar-refractivity contribution in [2.45, 2.75) is 186 Å². The number of methoxy groups -OCH3 is 2. The fraction of sp³-hybridized carbons (Fsp3) is 0.809. The molecule has 17 heteroatoms. The van der Waals surface area contributed by atoms with Gasteiger partial charge in [-0.15, -0.1) is 5.10 Å². The zero-order valence-electron chi connectivity index (χ0n) is 40.3. The summed E-state index contributed by atoms with van der Waals surface area (Å²) in [7, 11) is 5.01. The Morgan fingerprint density at radius 1 is 0.953 bits per heavy atom. The van der Waals surface area contributed by atoms with Crippen molar-refractivity contribution in [2.75, 3.05) is 27.8 Å². The predicted octanol–water partition coefficient (Wildman–Crippen LogP) is 3.36. The van der Waals surface area contributed by atoms with Crippen LogP contribution in [-0.2, 0) is 51.0 Å². The third-order valence-corrected chi connectivity index (χ3v) is 14.9. The maximum Gasteiger partial charge on any atom is 0.309 e. The van der Waals surface area contributed by atoms with E-state index in [1.54, 1.807) is 51.7 Å². The molecule has 4 N–H and O–H groups in total. The number of carbonyl (C=O) groups excluding carboxylic acids is 2.